The lowest BCUT2D eigenvalue weighted by Crippen LogP contribution is -2.65. The zero-order chi connectivity index (χ0) is 10.3. The molecule has 1 spiro atoms. The van der Waals surface area contributed by atoms with Gasteiger partial charge >= 0.3 is 0 Å². The Morgan fingerprint density at radius 3 is 2.87 bits per heavy atom. The lowest BCUT2D eigenvalue weighted by atomic mass is 9.78. The molecular weight excluding hydrogens is 303 g/mol. The average Bonchev–Trinajstić information content (AvgIpc) is 2.07. The number of hydrogen-bond acceptors (Lipinski definition) is 3. The van der Waals surface area contributed by atoms with E-state index in [2.05, 4.69) is 38.5 Å². The van der Waals surface area contributed by atoms with Gasteiger partial charge in [0, 0.05) is 34.8 Å². The first kappa shape index (κ1) is 9.99. The van der Waals surface area contributed by atoms with Gasteiger partial charge in [-0.3, -0.25) is 9.88 Å². The highest BCUT2D eigenvalue weighted by atomic mass is 127. The maximum Gasteiger partial charge on any atom is 0.0569 e. The molecule has 80 valence electrons. The number of halogens is 1. The normalized spacial score (nSPS) is 23.5. The third-order valence-corrected chi connectivity index (χ3v) is 3.77. The molecule has 0 amide bonds. The number of pyridine rings is 1. The van der Waals surface area contributed by atoms with Gasteiger partial charge in [-0.1, -0.05) is 0 Å². The number of likely N-dealkylation sites (tertiary alicyclic amines) is 1. The zero-order valence-electron chi connectivity index (χ0n) is 8.45. The molecule has 2 aliphatic heterocycles. The van der Waals surface area contributed by atoms with Crippen molar-refractivity contribution in [3.63, 3.8) is 0 Å². The van der Waals surface area contributed by atoms with Crippen LogP contribution in [0.15, 0.2) is 18.3 Å². The molecule has 2 fully saturated rings. The summed E-state index contributed by atoms with van der Waals surface area (Å²) in [7, 11) is 0. The molecule has 3 rings (SSSR count). The van der Waals surface area contributed by atoms with Gasteiger partial charge in [-0.05, 0) is 34.7 Å². The first-order chi connectivity index (χ1) is 7.26. The Balaban J connectivity index is 1.58. The second-order valence-corrected chi connectivity index (χ2v) is 5.85. The Labute approximate surface area is 103 Å². The number of aromatic nitrogens is 1. The summed E-state index contributed by atoms with van der Waals surface area (Å²) in [4.78, 5) is 6.82. The first-order valence-corrected chi connectivity index (χ1v) is 6.24. The number of ether oxygens (including phenoxy) is 1. The van der Waals surface area contributed by atoms with Gasteiger partial charge < -0.3 is 4.74 Å². The van der Waals surface area contributed by atoms with Gasteiger partial charge in [0.05, 0.1) is 18.9 Å². The number of hydrogen-bond donors (Lipinski definition) is 0. The van der Waals surface area contributed by atoms with E-state index < -0.39 is 0 Å². The molecule has 2 saturated heterocycles. The van der Waals surface area contributed by atoms with Crippen LogP contribution in [-0.4, -0.2) is 36.2 Å². The van der Waals surface area contributed by atoms with E-state index in [0.29, 0.717) is 5.41 Å². The molecule has 0 aromatic carbocycles. The molecule has 0 aliphatic carbocycles. The van der Waals surface area contributed by atoms with Crippen molar-refractivity contribution in [1.82, 2.24) is 9.88 Å². The fraction of sp³-hybridized carbons (Fsp3) is 0.545. The Kier molecular flexibility index (Phi) is 2.45. The third-order valence-electron chi connectivity index (χ3n) is 3.10. The highest BCUT2D eigenvalue weighted by Gasteiger charge is 2.48. The van der Waals surface area contributed by atoms with E-state index in [1.807, 2.05) is 12.3 Å². The van der Waals surface area contributed by atoms with Crippen molar-refractivity contribution < 1.29 is 4.74 Å². The molecule has 3 nitrogen and oxygen atoms in total. The summed E-state index contributed by atoms with van der Waals surface area (Å²) in [5, 5.41) is 0. The molecule has 3 heterocycles. The zero-order valence-corrected chi connectivity index (χ0v) is 10.6. The fourth-order valence-corrected chi connectivity index (χ4v) is 2.87. The van der Waals surface area contributed by atoms with E-state index in [0.717, 1.165) is 19.8 Å². The molecule has 0 saturated carbocycles. The van der Waals surface area contributed by atoms with E-state index in [9.17, 15) is 0 Å². The minimum Gasteiger partial charge on any atom is -0.380 e. The maximum atomic E-state index is 5.25. The molecule has 0 bridgehead atoms. The van der Waals surface area contributed by atoms with Gasteiger partial charge in [0.2, 0.25) is 0 Å². The monoisotopic (exact) mass is 316 g/mol. The molecule has 0 radical (unpaired) electrons. The first-order valence-electron chi connectivity index (χ1n) is 5.16. The standard InChI is InChI=1S/C11H13IN2O/c12-9-1-2-13-10(3-9)4-14-5-11(6-14)7-15-8-11/h1-3H,4-8H2. The largest absolute Gasteiger partial charge is 0.380 e. The molecule has 4 heteroatoms. The maximum absolute atomic E-state index is 5.25. The van der Waals surface area contributed by atoms with Gasteiger partial charge in [-0.15, -0.1) is 0 Å². The molecule has 2 aliphatic rings. The van der Waals surface area contributed by atoms with Crippen LogP contribution in [-0.2, 0) is 11.3 Å². The van der Waals surface area contributed by atoms with Crippen molar-refractivity contribution in [2.75, 3.05) is 26.3 Å². The summed E-state index contributed by atoms with van der Waals surface area (Å²) in [5.74, 6) is 0. The van der Waals surface area contributed by atoms with Gasteiger partial charge in [0.15, 0.2) is 0 Å². The summed E-state index contributed by atoms with van der Waals surface area (Å²) in [6.45, 7) is 5.27. The van der Waals surface area contributed by atoms with Crippen LogP contribution in [0, 0.1) is 8.99 Å². The van der Waals surface area contributed by atoms with Crippen LogP contribution in [0.25, 0.3) is 0 Å². The fourth-order valence-electron chi connectivity index (χ4n) is 2.35. The third kappa shape index (κ3) is 1.90. The molecular formula is C11H13IN2O. The van der Waals surface area contributed by atoms with E-state index in [1.54, 1.807) is 0 Å². The van der Waals surface area contributed by atoms with Crippen molar-refractivity contribution in [1.29, 1.82) is 0 Å². The van der Waals surface area contributed by atoms with Crippen LogP contribution in [0.3, 0.4) is 0 Å². The minimum absolute atomic E-state index is 0.516. The van der Waals surface area contributed by atoms with E-state index >= 15 is 0 Å². The van der Waals surface area contributed by atoms with Crippen LogP contribution in [0.1, 0.15) is 5.69 Å². The van der Waals surface area contributed by atoms with Crippen LogP contribution >= 0.6 is 22.6 Å². The SMILES string of the molecule is Ic1ccnc(CN2CC3(COC3)C2)c1. The quantitative estimate of drug-likeness (QED) is 0.774. The lowest BCUT2D eigenvalue weighted by Gasteiger charge is -2.55. The Morgan fingerprint density at radius 2 is 2.27 bits per heavy atom. The van der Waals surface area contributed by atoms with Crippen LogP contribution in [0.5, 0.6) is 0 Å². The van der Waals surface area contributed by atoms with Gasteiger partial charge in [-0.2, -0.15) is 0 Å². The number of rotatable bonds is 2. The highest BCUT2D eigenvalue weighted by Crippen LogP contribution is 2.37. The Hall–Kier alpha value is -0.200. The van der Waals surface area contributed by atoms with E-state index in [1.165, 1.54) is 22.4 Å². The summed E-state index contributed by atoms with van der Waals surface area (Å²) in [5.41, 5.74) is 1.69. The second-order valence-electron chi connectivity index (χ2n) is 4.60. The van der Waals surface area contributed by atoms with Crippen molar-refractivity contribution in [2.45, 2.75) is 6.54 Å². The predicted octanol–water partition coefficient (Wildman–Crippen LogP) is 1.52. The highest BCUT2D eigenvalue weighted by molar-refractivity contribution is 14.1. The van der Waals surface area contributed by atoms with Crippen LogP contribution < -0.4 is 0 Å². The lowest BCUT2D eigenvalue weighted by molar-refractivity contribution is -0.191. The van der Waals surface area contributed by atoms with Crippen LogP contribution in [0.2, 0.25) is 0 Å². The topological polar surface area (TPSA) is 25.4 Å². The van der Waals surface area contributed by atoms with Crippen molar-refractivity contribution >= 4 is 22.6 Å². The van der Waals surface area contributed by atoms with E-state index in [-0.39, 0.29) is 0 Å². The summed E-state index contributed by atoms with van der Waals surface area (Å²) in [6, 6.07) is 4.18. The number of nitrogens with zero attached hydrogens (tertiary/aromatic N) is 2. The van der Waals surface area contributed by atoms with Crippen molar-refractivity contribution in [3.05, 3.63) is 27.6 Å². The Bertz CT molecular complexity index is 371. The predicted molar refractivity (Wildman–Crippen MR) is 65.5 cm³/mol. The smallest absolute Gasteiger partial charge is 0.0569 e. The van der Waals surface area contributed by atoms with Gasteiger partial charge in [0.1, 0.15) is 0 Å². The molecule has 1 aromatic heterocycles. The summed E-state index contributed by atoms with van der Waals surface area (Å²) in [6.07, 6.45) is 1.89. The molecule has 15 heavy (non-hydrogen) atoms. The van der Waals surface area contributed by atoms with Gasteiger partial charge in [0.25, 0.3) is 0 Å². The average molecular weight is 316 g/mol. The second kappa shape index (κ2) is 3.68. The summed E-state index contributed by atoms with van der Waals surface area (Å²) < 4.78 is 6.52. The van der Waals surface area contributed by atoms with Crippen molar-refractivity contribution in [3.8, 4) is 0 Å². The summed E-state index contributed by atoms with van der Waals surface area (Å²) >= 11 is 2.33. The molecule has 0 atom stereocenters. The Morgan fingerprint density at radius 1 is 1.47 bits per heavy atom. The van der Waals surface area contributed by atoms with E-state index in [4.69, 9.17) is 4.74 Å². The van der Waals surface area contributed by atoms with Gasteiger partial charge in [-0.25, -0.2) is 0 Å². The minimum atomic E-state index is 0.516. The molecule has 0 N–H and O–H groups in total. The molecule has 1 aromatic rings. The molecule has 0 unspecified atom stereocenters. The van der Waals surface area contributed by atoms with Crippen molar-refractivity contribution in [2.24, 2.45) is 5.41 Å². The van der Waals surface area contributed by atoms with Crippen LogP contribution in [0.4, 0.5) is 0 Å².